The van der Waals surface area contributed by atoms with E-state index in [0.29, 0.717) is 12.5 Å². The van der Waals surface area contributed by atoms with E-state index in [1.54, 1.807) is 17.3 Å². The highest BCUT2D eigenvalue weighted by Crippen LogP contribution is 2.28. The van der Waals surface area contributed by atoms with Crippen molar-refractivity contribution >= 4 is 11.9 Å². The highest BCUT2D eigenvalue weighted by atomic mass is 16.2. The molecule has 3 heterocycles. The topological polar surface area (TPSA) is 53.8 Å². The lowest BCUT2D eigenvalue weighted by molar-refractivity contribution is -0.929. The second-order valence-corrected chi connectivity index (χ2v) is 7.79. The number of aromatic nitrogens is 2. The Labute approximate surface area is 150 Å². The van der Waals surface area contributed by atoms with Crippen LogP contribution in [-0.2, 0) is 4.79 Å². The predicted molar refractivity (Wildman–Crippen MR) is 96.5 cm³/mol. The van der Waals surface area contributed by atoms with Crippen molar-refractivity contribution < 1.29 is 9.69 Å². The molecule has 6 heteroatoms. The van der Waals surface area contributed by atoms with Gasteiger partial charge in [0.1, 0.15) is 0 Å². The summed E-state index contributed by atoms with van der Waals surface area (Å²) in [6.45, 7) is 5.12. The number of likely N-dealkylation sites (tertiary alicyclic amines) is 1. The van der Waals surface area contributed by atoms with Gasteiger partial charge in [0.15, 0.2) is 6.54 Å². The fourth-order valence-electron chi connectivity index (χ4n) is 5.00. The molecular weight excluding hydrogens is 314 g/mol. The summed E-state index contributed by atoms with van der Waals surface area (Å²) in [5.74, 6) is 1.99. The number of fused-ring (bicyclic) bond motifs is 1. The first kappa shape index (κ1) is 16.8. The van der Waals surface area contributed by atoms with Gasteiger partial charge >= 0.3 is 0 Å². The molecule has 2 saturated heterocycles. The van der Waals surface area contributed by atoms with Crippen molar-refractivity contribution in [2.24, 2.45) is 5.92 Å². The van der Waals surface area contributed by atoms with Crippen molar-refractivity contribution in [3.63, 3.8) is 0 Å². The zero-order valence-corrected chi connectivity index (χ0v) is 15.1. The third kappa shape index (κ3) is 3.78. The number of hydrogen-bond acceptors (Lipinski definition) is 4. The van der Waals surface area contributed by atoms with E-state index in [2.05, 4.69) is 19.8 Å². The van der Waals surface area contributed by atoms with Crippen molar-refractivity contribution in [3.8, 4) is 0 Å². The van der Waals surface area contributed by atoms with E-state index in [4.69, 9.17) is 0 Å². The summed E-state index contributed by atoms with van der Waals surface area (Å²) in [6, 6.07) is 2.58. The van der Waals surface area contributed by atoms with Crippen LogP contribution in [0.4, 0.5) is 5.95 Å². The van der Waals surface area contributed by atoms with Crippen LogP contribution in [0.5, 0.6) is 0 Å². The van der Waals surface area contributed by atoms with Gasteiger partial charge in [-0.05, 0) is 38.2 Å². The monoisotopic (exact) mass is 344 g/mol. The second-order valence-electron chi connectivity index (χ2n) is 7.79. The van der Waals surface area contributed by atoms with Crippen molar-refractivity contribution in [2.45, 2.75) is 44.6 Å². The average Bonchev–Trinajstić information content (AvgIpc) is 2.69. The fourth-order valence-corrected chi connectivity index (χ4v) is 5.00. The lowest BCUT2D eigenvalue weighted by Gasteiger charge is -2.42. The largest absolute Gasteiger partial charge is 0.337 e. The zero-order valence-electron chi connectivity index (χ0n) is 15.1. The lowest BCUT2D eigenvalue weighted by Crippen LogP contribution is -3.18. The Kier molecular flexibility index (Phi) is 5.15. The third-order valence-electron chi connectivity index (χ3n) is 6.35. The number of carbonyl (C=O) groups is 1. The van der Waals surface area contributed by atoms with Crippen LogP contribution >= 0.6 is 0 Å². The Hall–Kier alpha value is -1.69. The van der Waals surface area contributed by atoms with Gasteiger partial charge in [-0.2, -0.15) is 0 Å². The Balaban J connectivity index is 1.30. The number of anilines is 1. The molecule has 136 valence electrons. The molecule has 4 rings (SSSR count). The molecule has 0 aromatic carbocycles. The minimum Gasteiger partial charge on any atom is -0.337 e. The number of hydrogen-bond donors (Lipinski definition) is 1. The van der Waals surface area contributed by atoms with Gasteiger partial charge in [-0.1, -0.05) is 6.42 Å². The quantitative estimate of drug-likeness (QED) is 0.860. The maximum Gasteiger partial charge on any atom is 0.277 e. The Morgan fingerprint density at radius 1 is 1.04 bits per heavy atom. The van der Waals surface area contributed by atoms with Crippen LogP contribution in [0.15, 0.2) is 18.5 Å². The molecule has 0 bridgehead atoms. The van der Waals surface area contributed by atoms with E-state index < -0.39 is 0 Å². The highest BCUT2D eigenvalue weighted by molar-refractivity contribution is 5.77. The van der Waals surface area contributed by atoms with Gasteiger partial charge in [-0.15, -0.1) is 0 Å². The van der Waals surface area contributed by atoms with E-state index in [1.807, 2.05) is 6.07 Å². The maximum absolute atomic E-state index is 12.8. The van der Waals surface area contributed by atoms with Crippen LogP contribution in [-0.4, -0.2) is 66.1 Å². The molecule has 3 atom stereocenters. The number of nitrogens with zero attached hydrogens (tertiary/aromatic N) is 4. The molecule has 0 spiro atoms. The number of amides is 1. The smallest absolute Gasteiger partial charge is 0.277 e. The predicted octanol–water partition coefficient (Wildman–Crippen LogP) is 0.363. The number of quaternary nitrogens is 1. The molecule has 1 unspecified atom stereocenters. The fraction of sp³-hybridized carbons (Fsp3) is 0.737. The number of piperazine rings is 1. The van der Waals surface area contributed by atoms with Gasteiger partial charge in [-0.3, -0.25) is 4.79 Å². The molecule has 1 N–H and O–H groups in total. The molecule has 3 aliphatic rings. The van der Waals surface area contributed by atoms with Crippen molar-refractivity contribution in [2.75, 3.05) is 44.2 Å². The Morgan fingerprint density at radius 3 is 2.56 bits per heavy atom. The molecule has 25 heavy (non-hydrogen) atoms. The molecule has 1 aliphatic carbocycles. The van der Waals surface area contributed by atoms with Crippen molar-refractivity contribution in [1.82, 2.24) is 14.9 Å². The number of rotatable bonds is 3. The van der Waals surface area contributed by atoms with Crippen molar-refractivity contribution in [3.05, 3.63) is 18.5 Å². The lowest BCUT2D eigenvalue weighted by atomic mass is 9.78. The van der Waals surface area contributed by atoms with Crippen LogP contribution in [0.25, 0.3) is 0 Å². The Bertz CT molecular complexity index is 570. The van der Waals surface area contributed by atoms with E-state index in [0.717, 1.165) is 44.1 Å². The molecule has 1 saturated carbocycles. The Morgan fingerprint density at radius 2 is 1.76 bits per heavy atom. The normalized spacial score (nSPS) is 30.0. The summed E-state index contributed by atoms with van der Waals surface area (Å²) in [4.78, 5) is 27.3. The summed E-state index contributed by atoms with van der Waals surface area (Å²) >= 11 is 0. The molecule has 1 aromatic heterocycles. The summed E-state index contributed by atoms with van der Waals surface area (Å²) in [5, 5.41) is 0. The highest BCUT2D eigenvalue weighted by Gasteiger charge is 2.38. The first-order valence-electron chi connectivity index (χ1n) is 9.95. The van der Waals surface area contributed by atoms with Crippen LogP contribution in [0.3, 0.4) is 0 Å². The average molecular weight is 344 g/mol. The first-order chi connectivity index (χ1) is 12.3. The minimum absolute atomic E-state index is 0.342. The van der Waals surface area contributed by atoms with E-state index in [9.17, 15) is 4.79 Å². The van der Waals surface area contributed by atoms with Crippen LogP contribution in [0.1, 0.15) is 38.5 Å². The molecular formula is C19H30N5O+. The van der Waals surface area contributed by atoms with Crippen LogP contribution < -0.4 is 9.80 Å². The van der Waals surface area contributed by atoms with E-state index >= 15 is 0 Å². The summed E-state index contributed by atoms with van der Waals surface area (Å²) < 4.78 is 0. The number of nitrogens with one attached hydrogen (secondary N) is 1. The first-order valence-corrected chi connectivity index (χ1v) is 9.95. The van der Waals surface area contributed by atoms with Gasteiger partial charge in [0.25, 0.3) is 5.91 Å². The molecule has 0 radical (unpaired) electrons. The number of carbonyl (C=O) groups excluding carboxylic acids is 1. The zero-order chi connectivity index (χ0) is 17.1. The van der Waals surface area contributed by atoms with Gasteiger partial charge in [-0.25, -0.2) is 9.97 Å². The molecule has 1 aromatic rings. The second kappa shape index (κ2) is 7.68. The maximum atomic E-state index is 12.8. The third-order valence-corrected chi connectivity index (χ3v) is 6.35. The standard InChI is InChI=1S/C19H29N5O/c25-18(15-24-10-3-6-16-5-1-2-7-17(16)24)22-11-13-23(14-12-22)19-20-8-4-9-21-19/h4,8-9,16-17H,1-3,5-7,10-15H2/p+1/t16-,17+/m1/s1. The van der Waals surface area contributed by atoms with Crippen LogP contribution in [0, 0.1) is 5.92 Å². The summed E-state index contributed by atoms with van der Waals surface area (Å²) in [5.41, 5.74) is 0. The van der Waals surface area contributed by atoms with E-state index in [1.165, 1.54) is 45.1 Å². The summed E-state index contributed by atoms with van der Waals surface area (Å²) in [7, 11) is 0. The van der Waals surface area contributed by atoms with Crippen LogP contribution in [0.2, 0.25) is 0 Å². The molecule has 3 fully saturated rings. The van der Waals surface area contributed by atoms with Gasteiger partial charge in [0, 0.05) is 44.5 Å². The molecule has 2 aliphatic heterocycles. The van der Waals surface area contributed by atoms with Crippen molar-refractivity contribution in [1.29, 1.82) is 0 Å². The van der Waals surface area contributed by atoms with Gasteiger partial charge in [0.2, 0.25) is 5.95 Å². The SMILES string of the molecule is O=C(C[NH+]1CCC[C@H]2CCCC[C@@H]21)N1CCN(c2ncccn2)CC1. The van der Waals surface area contributed by atoms with Gasteiger partial charge < -0.3 is 14.7 Å². The molecule has 1 amide bonds. The minimum atomic E-state index is 0.342. The van der Waals surface area contributed by atoms with Gasteiger partial charge in [0.05, 0.1) is 12.6 Å². The van der Waals surface area contributed by atoms with E-state index in [-0.39, 0.29) is 0 Å². The number of piperidine rings is 1. The summed E-state index contributed by atoms with van der Waals surface area (Å²) in [6.07, 6.45) is 11.7. The molecule has 6 nitrogen and oxygen atoms in total.